The number of fused-ring (bicyclic) bond motifs is 1. The summed E-state index contributed by atoms with van der Waals surface area (Å²) in [6, 6.07) is 4.25. The van der Waals surface area contributed by atoms with E-state index in [4.69, 9.17) is 5.73 Å². The van der Waals surface area contributed by atoms with Crippen LogP contribution in [0.3, 0.4) is 0 Å². The van der Waals surface area contributed by atoms with Gasteiger partial charge in [-0.3, -0.25) is 0 Å². The molecule has 5 nitrogen and oxygen atoms in total. The largest absolute Gasteiger partial charge is 0.342 e. The van der Waals surface area contributed by atoms with Crippen molar-refractivity contribution < 1.29 is 0 Å². The van der Waals surface area contributed by atoms with E-state index < -0.39 is 0 Å². The van der Waals surface area contributed by atoms with Crippen LogP contribution >= 0.6 is 12.4 Å². The first-order valence-corrected chi connectivity index (χ1v) is 5.64. The fourth-order valence-electron chi connectivity index (χ4n) is 2.09. The average molecular weight is 254 g/mol. The molecule has 1 aliphatic rings. The number of piperidine rings is 1. The topological polar surface area (TPSA) is 70.8 Å². The molecule has 0 saturated carbocycles. The van der Waals surface area contributed by atoms with Crippen molar-refractivity contribution in [1.82, 2.24) is 15.0 Å². The van der Waals surface area contributed by atoms with Crippen molar-refractivity contribution in [2.75, 3.05) is 18.0 Å². The molecule has 0 amide bonds. The molecule has 0 atom stereocenters. The lowest BCUT2D eigenvalue weighted by atomic mass is 10.1. The normalized spacial score (nSPS) is 17.1. The first kappa shape index (κ1) is 12.1. The van der Waals surface area contributed by atoms with Crippen LogP contribution in [-0.4, -0.2) is 34.1 Å². The zero-order valence-corrected chi connectivity index (χ0v) is 10.3. The van der Waals surface area contributed by atoms with E-state index >= 15 is 0 Å². The lowest BCUT2D eigenvalue weighted by Crippen LogP contribution is -2.40. The standard InChI is InChI=1S/C11H15N5.ClH/c12-8-3-6-16(7-4-8)11-14-9-2-1-5-13-10(9)15-11;/h1-2,5,8H,3-4,6-7,12H2,(H,13,14,15);1H. The summed E-state index contributed by atoms with van der Waals surface area (Å²) in [5.74, 6) is 0.917. The van der Waals surface area contributed by atoms with E-state index in [9.17, 15) is 0 Å². The quantitative estimate of drug-likeness (QED) is 0.804. The van der Waals surface area contributed by atoms with Gasteiger partial charge < -0.3 is 15.6 Å². The fraction of sp³-hybridized carbons (Fsp3) is 0.455. The van der Waals surface area contributed by atoms with Crippen molar-refractivity contribution in [3.8, 4) is 0 Å². The van der Waals surface area contributed by atoms with Crippen molar-refractivity contribution in [3.63, 3.8) is 0 Å². The van der Waals surface area contributed by atoms with Crippen LogP contribution in [0.25, 0.3) is 11.2 Å². The third-order valence-electron chi connectivity index (χ3n) is 3.08. The first-order valence-electron chi connectivity index (χ1n) is 5.64. The molecule has 0 spiro atoms. The SMILES string of the molecule is Cl.NC1CCN(c2nc3ncccc3[nH]2)CC1. The molecular formula is C11H16ClN5. The highest BCUT2D eigenvalue weighted by Gasteiger charge is 2.18. The smallest absolute Gasteiger partial charge is 0.205 e. The van der Waals surface area contributed by atoms with Gasteiger partial charge in [0.1, 0.15) is 0 Å². The summed E-state index contributed by atoms with van der Waals surface area (Å²) in [7, 11) is 0. The number of hydrogen-bond acceptors (Lipinski definition) is 4. The Morgan fingerprint density at radius 2 is 2.12 bits per heavy atom. The van der Waals surface area contributed by atoms with Crippen molar-refractivity contribution in [2.24, 2.45) is 5.73 Å². The third-order valence-corrected chi connectivity index (χ3v) is 3.08. The number of H-pyrrole nitrogens is 1. The Balaban J connectivity index is 0.00000108. The van der Waals surface area contributed by atoms with Crippen LogP contribution in [0, 0.1) is 0 Å². The van der Waals surface area contributed by atoms with Gasteiger partial charge in [0.05, 0.1) is 5.52 Å². The second-order valence-corrected chi connectivity index (χ2v) is 4.26. The molecule has 0 aliphatic carbocycles. The number of nitrogens with two attached hydrogens (primary N) is 1. The highest BCUT2D eigenvalue weighted by atomic mass is 35.5. The number of pyridine rings is 1. The molecule has 1 aliphatic heterocycles. The number of nitrogens with zero attached hydrogens (tertiary/aromatic N) is 3. The van der Waals surface area contributed by atoms with E-state index in [0.29, 0.717) is 6.04 Å². The highest BCUT2D eigenvalue weighted by molar-refractivity contribution is 5.85. The minimum Gasteiger partial charge on any atom is -0.342 e. The number of anilines is 1. The van der Waals surface area contributed by atoms with Gasteiger partial charge in [0.25, 0.3) is 0 Å². The van der Waals surface area contributed by atoms with Gasteiger partial charge in [0, 0.05) is 25.3 Å². The fourth-order valence-corrected chi connectivity index (χ4v) is 2.09. The summed E-state index contributed by atoms with van der Waals surface area (Å²) >= 11 is 0. The van der Waals surface area contributed by atoms with E-state index in [1.165, 1.54) is 0 Å². The molecule has 92 valence electrons. The zero-order valence-electron chi connectivity index (χ0n) is 9.47. The maximum absolute atomic E-state index is 5.88. The maximum Gasteiger partial charge on any atom is 0.205 e. The molecule has 2 aromatic heterocycles. The molecule has 1 saturated heterocycles. The van der Waals surface area contributed by atoms with E-state index in [1.807, 2.05) is 12.1 Å². The summed E-state index contributed by atoms with van der Waals surface area (Å²) in [6.07, 6.45) is 3.83. The lowest BCUT2D eigenvalue weighted by Gasteiger charge is -2.29. The Morgan fingerprint density at radius 3 is 2.82 bits per heavy atom. The molecule has 6 heteroatoms. The molecule has 0 bridgehead atoms. The first-order chi connectivity index (χ1) is 7.83. The predicted molar refractivity (Wildman–Crippen MR) is 70.6 cm³/mol. The third kappa shape index (κ3) is 2.35. The number of halogens is 1. The second kappa shape index (κ2) is 4.89. The minimum atomic E-state index is 0. The van der Waals surface area contributed by atoms with Gasteiger partial charge in [-0.25, -0.2) is 4.98 Å². The van der Waals surface area contributed by atoms with Gasteiger partial charge in [-0.15, -0.1) is 12.4 Å². The van der Waals surface area contributed by atoms with Crippen LogP contribution in [0.5, 0.6) is 0 Å². The van der Waals surface area contributed by atoms with Crippen molar-refractivity contribution in [1.29, 1.82) is 0 Å². The average Bonchev–Trinajstić information content (AvgIpc) is 2.73. The number of imidazole rings is 1. The lowest BCUT2D eigenvalue weighted by molar-refractivity contribution is 0.497. The van der Waals surface area contributed by atoms with Crippen LogP contribution in [0.4, 0.5) is 5.95 Å². The molecule has 2 aromatic rings. The van der Waals surface area contributed by atoms with E-state index in [0.717, 1.165) is 43.0 Å². The second-order valence-electron chi connectivity index (χ2n) is 4.26. The van der Waals surface area contributed by atoms with Gasteiger partial charge in [-0.1, -0.05) is 0 Å². The summed E-state index contributed by atoms with van der Waals surface area (Å²) in [4.78, 5) is 14.2. The summed E-state index contributed by atoms with van der Waals surface area (Å²) in [5, 5.41) is 0. The minimum absolute atomic E-state index is 0. The van der Waals surface area contributed by atoms with E-state index in [1.54, 1.807) is 6.20 Å². The Bertz CT molecular complexity index is 456. The molecule has 0 unspecified atom stereocenters. The van der Waals surface area contributed by atoms with E-state index in [-0.39, 0.29) is 12.4 Å². The summed E-state index contributed by atoms with van der Waals surface area (Å²) in [6.45, 7) is 1.95. The molecule has 1 fully saturated rings. The van der Waals surface area contributed by atoms with Crippen LogP contribution in [0.2, 0.25) is 0 Å². The van der Waals surface area contributed by atoms with Crippen molar-refractivity contribution in [2.45, 2.75) is 18.9 Å². The monoisotopic (exact) mass is 253 g/mol. The Morgan fingerprint density at radius 1 is 1.35 bits per heavy atom. The van der Waals surface area contributed by atoms with Crippen LogP contribution in [0.15, 0.2) is 18.3 Å². The molecule has 17 heavy (non-hydrogen) atoms. The van der Waals surface area contributed by atoms with E-state index in [2.05, 4.69) is 19.9 Å². The van der Waals surface area contributed by atoms with Gasteiger partial charge in [0.15, 0.2) is 5.65 Å². The Kier molecular flexibility index (Phi) is 3.49. The van der Waals surface area contributed by atoms with Crippen molar-refractivity contribution >= 4 is 29.5 Å². The van der Waals surface area contributed by atoms with Gasteiger partial charge in [-0.05, 0) is 25.0 Å². The molecule has 3 N–H and O–H groups in total. The number of rotatable bonds is 1. The van der Waals surface area contributed by atoms with Crippen LogP contribution in [-0.2, 0) is 0 Å². The zero-order chi connectivity index (χ0) is 11.0. The molecule has 3 heterocycles. The molecular weight excluding hydrogens is 238 g/mol. The molecule has 3 rings (SSSR count). The summed E-state index contributed by atoms with van der Waals surface area (Å²) in [5.41, 5.74) is 7.66. The number of aromatic amines is 1. The Labute approximate surface area is 106 Å². The summed E-state index contributed by atoms with van der Waals surface area (Å²) < 4.78 is 0. The number of hydrogen-bond donors (Lipinski definition) is 2. The van der Waals surface area contributed by atoms with Gasteiger partial charge in [-0.2, -0.15) is 4.98 Å². The van der Waals surface area contributed by atoms with Crippen molar-refractivity contribution in [3.05, 3.63) is 18.3 Å². The maximum atomic E-state index is 5.88. The Hall–Kier alpha value is -1.33. The molecule has 0 aromatic carbocycles. The van der Waals surface area contributed by atoms with Crippen LogP contribution < -0.4 is 10.6 Å². The highest BCUT2D eigenvalue weighted by Crippen LogP contribution is 2.18. The molecule has 0 radical (unpaired) electrons. The van der Waals surface area contributed by atoms with Crippen LogP contribution in [0.1, 0.15) is 12.8 Å². The van der Waals surface area contributed by atoms with Gasteiger partial charge >= 0.3 is 0 Å². The number of nitrogens with one attached hydrogen (secondary N) is 1. The number of aromatic nitrogens is 3. The predicted octanol–water partition coefficient (Wildman–Crippen LogP) is 1.31. The van der Waals surface area contributed by atoms with Gasteiger partial charge in [0.2, 0.25) is 5.95 Å².